The van der Waals surface area contributed by atoms with Crippen molar-refractivity contribution in [2.75, 3.05) is 0 Å². The van der Waals surface area contributed by atoms with E-state index in [-0.39, 0.29) is 5.78 Å². The number of carbonyl (C=O) groups excluding carboxylic acids is 1. The Bertz CT molecular complexity index is 668. The smallest absolute Gasteiger partial charge is 0.181 e. The Balaban J connectivity index is 0. The number of carbonyl (C=O) groups is 1. The Hall–Kier alpha value is -2.36. The van der Waals surface area contributed by atoms with Crippen LogP contribution < -0.4 is 0 Å². The minimum atomic E-state index is 0.231. The normalized spacial score (nSPS) is 10.6. The molecule has 0 aliphatic heterocycles. The van der Waals surface area contributed by atoms with E-state index in [1.807, 2.05) is 79.7 Å². The summed E-state index contributed by atoms with van der Waals surface area (Å²) in [6.07, 6.45) is 5.60. The first-order chi connectivity index (χ1) is 13.3. The van der Waals surface area contributed by atoms with Crippen LogP contribution in [0.5, 0.6) is 0 Å². The van der Waals surface area contributed by atoms with Gasteiger partial charge in [-0.2, -0.15) is 0 Å². The van der Waals surface area contributed by atoms with E-state index >= 15 is 0 Å². The number of furan rings is 1. The van der Waals surface area contributed by atoms with Gasteiger partial charge in [0.15, 0.2) is 17.8 Å². The fraction of sp³-hybridized carbons (Fsp3) is 0.478. The van der Waals surface area contributed by atoms with Gasteiger partial charge < -0.3 is 8.83 Å². The van der Waals surface area contributed by atoms with Gasteiger partial charge in [0.2, 0.25) is 0 Å². The molecule has 2 heterocycles. The zero-order chi connectivity index (χ0) is 21.1. The van der Waals surface area contributed by atoms with Crippen LogP contribution in [0.2, 0.25) is 0 Å². The molecule has 2 aromatic heterocycles. The zero-order valence-electron chi connectivity index (χ0n) is 18.3. The van der Waals surface area contributed by atoms with Crippen molar-refractivity contribution in [1.82, 2.24) is 4.98 Å². The lowest BCUT2D eigenvalue weighted by Gasteiger charge is -2.06. The molecule has 1 aliphatic rings. The number of ketones is 1. The molecule has 27 heavy (non-hydrogen) atoms. The first-order valence-electron chi connectivity index (χ1n) is 10.2. The summed E-state index contributed by atoms with van der Waals surface area (Å²) in [5.74, 6) is 1.10. The first kappa shape index (κ1) is 26.9. The molecule has 4 rings (SSSR count). The van der Waals surface area contributed by atoms with E-state index in [0.29, 0.717) is 6.42 Å². The predicted octanol–water partition coefficient (Wildman–Crippen LogP) is 7.73. The van der Waals surface area contributed by atoms with Crippen molar-refractivity contribution in [2.24, 2.45) is 0 Å². The van der Waals surface area contributed by atoms with Crippen molar-refractivity contribution in [3.63, 3.8) is 0 Å². The van der Waals surface area contributed by atoms with Gasteiger partial charge in [-0.25, -0.2) is 4.98 Å². The quantitative estimate of drug-likeness (QED) is 0.403. The van der Waals surface area contributed by atoms with Gasteiger partial charge >= 0.3 is 0 Å². The van der Waals surface area contributed by atoms with Crippen LogP contribution in [0, 0.1) is 0 Å². The standard InChI is InChI=1S/C8H8O2.C7H5NO.4C2H6/c9-7-2-1-3-8-6(7)4-5-10-8;1-2-4-7-6(3-1)8-5-9-7;4*1-2/h4-5H,1-3H2;1-5H;4*1-2H3. The highest BCUT2D eigenvalue weighted by atomic mass is 16.3. The van der Waals surface area contributed by atoms with Crippen LogP contribution in [0.1, 0.15) is 84.3 Å². The lowest BCUT2D eigenvalue weighted by atomic mass is 9.98. The highest BCUT2D eigenvalue weighted by molar-refractivity contribution is 5.97. The van der Waals surface area contributed by atoms with Gasteiger partial charge in [0.1, 0.15) is 11.3 Å². The van der Waals surface area contributed by atoms with Crippen LogP contribution in [-0.4, -0.2) is 10.8 Å². The summed E-state index contributed by atoms with van der Waals surface area (Å²) < 4.78 is 10.1. The van der Waals surface area contributed by atoms with E-state index in [1.165, 1.54) is 6.39 Å². The topological polar surface area (TPSA) is 56.2 Å². The van der Waals surface area contributed by atoms with E-state index in [4.69, 9.17) is 8.83 Å². The molecule has 0 unspecified atom stereocenters. The molecule has 4 nitrogen and oxygen atoms in total. The minimum Gasteiger partial charge on any atom is -0.469 e. The number of hydrogen-bond donors (Lipinski definition) is 0. The average Bonchev–Trinajstić information content (AvgIpc) is 3.45. The Kier molecular flexibility index (Phi) is 18.3. The van der Waals surface area contributed by atoms with Gasteiger partial charge in [-0.15, -0.1) is 0 Å². The Morgan fingerprint density at radius 1 is 0.815 bits per heavy atom. The maximum absolute atomic E-state index is 11.1. The molecule has 1 aromatic carbocycles. The van der Waals surface area contributed by atoms with Gasteiger partial charge in [0.05, 0.1) is 11.8 Å². The maximum Gasteiger partial charge on any atom is 0.181 e. The van der Waals surface area contributed by atoms with E-state index in [2.05, 4.69) is 4.98 Å². The van der Waals surface area contributed by atoms with Crippen LogP contribution in [0.4, 0.5) is 0 Å². The van der Waals surface area contributed by atoms with Crippen LogP contribution in [0.25, 0.3) is 11.1 Å². The van der Waals surface area contributed by atoms with Crippen molar-refractivity contribution in [1.29, 1.82) is 0 Å². The molecule has 0 N–H and O–H groups in total. The van der Waals surface area contributed by atoms with Crippen LogP contribution in [-0.2, 0) is 6.42 Å². The Labute approximate surface area is 165 Å². The van der Waals surface area contributed by atoms with E-state index in [1.54, 1.807) is 12.3 Å². The van der Waals surface area contributed by atoms with Crippen molar-refractivity contribution in [3.05, 3.63) is 54.3 Å². The van der Waals surface area contributed by atoms with Crippen molar-refractivity contribution in [2.45, 2.75) is 74.7 Å². The molecule has 4 heteroatoms. The number of hydrogen-bond acceptors (Lipinski definition) is 4. The van der Waals surface area contributed by atoms with E-state index in [0.717, 1.165) is 35.3 Å². The summed E-state index contributed by atoms with van der Waals surface area (Å²) in [4.78, 5) is 15.0. The number of rotatable bonds is 0. The number of benzene rings is 1. The molecule has 0 fully saturated rings. The second-order valence-corrected chi connectivity index (χ2v) is 4.35. The Morgan fingerprint density at radius 2 is 1.44 bits per heavy atom. The van der Waals surface area contributed by atoms with Gasteiger partial charge in [-0.05, 0) is 24.6 Å². The second-order valence-electron chi connectivity index (χ2n) is 4.35. The van der Waals surface area contributed by atoms with Gasteiger partial charge in [0.25, 0.3) is 0 Å². The van der Waals surface area contributed by atoms with Gasteiger partial charge in [-0.3, -0.25) is 4.79 Å². The summed E-state index contributed by atoms with van der Waals surface area (Å²) >= 11 is 0. The SMILES string of the molecule is CC.CC.CC.CC.O=C1CCCc2occc21.c1ccc2ocnc2c1. The molecule has 0 radical (unpaired) electrons. The zero-order valence-corrected chi connectivity index (χ0v) is 18.3. The molecule has 1 aliphatic carbocycles. The van der Waals surface area contributed by atoms with Crippen molar-refractivity contribution >= 4 is 16.9 Å². The number of nitrogens with zero attached hydrogens (tertiary/aromatic N) is 1. The highest BCUT2D eigenvalue weighted by Crippen LogP contribution is 2.21. The first-order valence-corrected chi connectivity index (χ1v) is 10.2. The number of aryl methyl sites for hydroxylation is 1. The largest absolute Gasteiger partial charge is 0.469 e. The predicted molar refractivity (Wildman–Crippen MR) is 115 cm³/mol. The highest BCUT2D eigenvalue weighted by Gasteiger charge is 2.18. The van der Waals surface area contributed by atoms with Crippen LogP contribution in [0.15, 0.2) is 51.8 Å². The third-order valence-electron chi connectivity index (χ3n) is 3.09. The molecular weight excluding hydrogens is 338 g/mol. The lowest BCUT2D eigenvalue weighted by molar-refractivity contribution is 0.0969. The number of Topliss-reactive ketones (excluding diaryl/α,β-unsaturated/α-hetero) is 1. The number of para-hydroxylation sites is 2. The molecule has 152 valence electrons. The number of fused-ring (bicyclic) bond motifs is 2. The van der Waals surface area contributed by atoms with Gasteiger partial charge in [0, 0.05) is 12.8 Å². The molecule has 0 saturated carbocycles. The summed E-state index contributed by atoms with van der Waals surface area (Å²) in [5, 5.41) is 0. The summed E-state index contributed by atoms with van der Waals surface area (Å²) in [6, 6.07) is 9.43. The molecule has 0 spiro atoms. The summed E-state index contributed by atoms with van der Waals surface area (Å²) in [6.45, 7) is 16.0. The van der Waals surface area contributed by atoms with E-state index < -0.39 is 0 Å². The summed E-state index contributed by atoms with van der Waals surface area (Å²) in [5.41, 5.74) is 2.56. The minimum absolute atomic E-state index is 0.231. The number of oxazole rings is 1. The molecule has 3 aromatic rings. The second kappa shape index (κ2) is 18.4. The molecule has 0 atom stereocenters. The number of aromatic nitrogens is 1. The third kappa shape index (κ3) is 9.23. The average molecular weight is 376 g/mol. The maximum atomic E-state index is 11.1. The fourth-order valence-electron chi connectivity index (χ4n) is 2.13. The molecule has 0 amide bonds. The fourth-order valence-corrected chi connectivity index (χ4v) is 2.13. The Morgan fingerprint density at radius 3 is 2.04 bits per heavy atom. The van der Waals surface area contributed by atoms with Crippen molar-refractivity contribution < 1.29 is 13.6 Å². The lowest BCUT2D eigenvalue weighted by Crippen LogP contribution is -2.07. The summed E-state index contributed by atoms with van der Waals surface area (Å²) in [7, 11) is 0. The monoisotopic (exact) mass is 375 g/mol. The third-order valence-corrected chi connectivity index (χ3v) is 3.09. The molecule has 0 bridgehead atoms. The van der Waals surface area contributed by atoms with Crippen LogP contribution in [0.3, 0.4) is 0 Å². The van der Waals surface area contributed by atoms with Crippen molar-refractivity contribution in [3.8, 4) is 0 Å². The van der Waals surface area contributed by atoms with E-state index in [9.17, 15) is 4.79 Å². The van der Waals surface area contributed by atoms with Gasteiger partial charge in [-0.1, -0.05) is 67.5 Å². The molecule has 0 saturated heterocycles. The van der Waals surface area contributed by atoms with Crippen LogP contribution >= 0.6 is 0 Å². The molecular formula is C23H37NO3.